The summed E-state index contributed by atoms with van der Waals surface area (Å²) < 4.78 is 0. The molecular formula is C23H28ClN3O2S. The Morgan fingerprint density at radius 3 is 2.60 bits per heavy atom. The van der Waals surface area contributed by atoms with E-state index in [0.29, 0.717) is 18.0 Å². The lowest BCUT2D eigenvalue weighted by atomic mass is 9.78. The van der Waals surface area contributed by atoms with Gasteiger partial charge in [-0.2, -0.15) is 0 Å². The molecule has 0 spiro atoms. The fourth-order valence-corrected chi connectivity index (χ4v) is 5.71. The van der Waals surface area contributed by atoms with E-state index >= 15 is 0 Å². The van der Waals surface area contributed by atoms with Crippen molar-refractivity contribution in [2.24, 2.45) is 11.8 Å². The molecule has 1 saturated carbocycles. The number of benzene rings is 1. The Morgan fingerprint density at radius 1 is 1.10 bits per heavy atom. The molecule has 1 aromatic carbocycles. The van der Waals surface area contributed by atoms with Crippen LogP contribution in [-0.2, 0) is 16.0 Å². The van der Waals surface area contributed by atoms with E-state index in [1.165, 1.54) is 0 Å². The van der Waals surface area contributed by atoms with Gasteiger partial charge in [-0.25, -0.2) is 4.98 Å². The van der Waals surface area contributed by atoms with Crippen LogP contribution >= 0.6 is 22.9 Å². The van der Waals surface area contributed by atoms with Gasteiger partial charge in [-0.3, -0.25) is 9.59 Å². The molecule has 2 heterocycles. The fraction of sp³-hybridized carbons (Fsp3) is 0.522. The Labute approximate surface area is 186 Å². The minimum Gasteiger partial charge on any atom is -0.355 e. The van der Waals surface area contributed by atoms with Gasteiger partial charge in [-0.15, -0.1) is 11.3 Å². The summed E-state index contributed by atoms with van der Waals surface area (Å²) >= 11 is 7.83. The summed E-state index contributed by atoms with van der Waals surface area (Å²) in [5, 5.41) is 6.67. The van der Waals surface area contributed by atoms with Crippen LogP contribution in [0.2, 0.25) is 5.02 Å². The highest BCUT2D eigenvalue weighted by molar-refractivity contribution is 7.13. The van der Waals surface area contributed by atoms with Crippen LogP contribution in [0.1, 0.15) is 44.2 Å². The largest absolute Gasteiger partial charge is 0.355 e. The zero-order valence-corrected chi connectivity index (χ0v) is 18.7. The third kappa shape index (κ3) is 4.86. The van der Waals surface area contributed by atoms with Crippen molar-refractivity contribution in [3.63, 3.8) is 0 Å². The first-order valence-corrected chi connectivity index (χ1v) is 12.1. The van der Waals surface area contributed by atoms with Gasteiger partial charge >= 0.3 is 0 Å². The van der Waals surface area contributed by atoms with Crippen LogP contribution < -0.4 is 5.32 Å². The summed E-state index contributed by atoms with van der Waals surface area (Å²) in [6, 6.07) is 7.69. The fourth-order valence-electron chi connectivity index (χ4n) is 4.54. The molecule has 4 rings (SSSR count). The van der Waals surface area contributed by atoms with Crippen LogP contribution in [-0.4, -0.2) is 41.3 Å². The van der Waals surface area contributed by atoms with Gasteiger partial charge in [0.15, 0.2) is 0 Å². The topological polar surface area (TPSA) is 62.3 Å². The van der Waals surface area contributed by atoms with Gasteiger partial charge in [0.05, 0.1) is 10.7 Å². The van der Waals surface area contributed by atoms with Crippen LogP contribution in [0.5, 0.6) is 0 Å². The minimum absolute atomic E-state index is 0.0220. The second kappa shape index (κ2) is 9.92. The van der Waals surface area contributed by atoms with E-state index in [4.69, 9.17) is 11.6 Å². The number of nitrogens with one attached hydrogen (secondary N) is 1. The van der Waals surface area contributed by atoms with Gasteiger partial charge in [0, 0.05) is 48.8 Å². The molecule has 0 bridgehead atoms. The molecule has 2 aliphatic rings. The number of rotatable bonds is 6. The molecule has 0 unspecified atom stereocenters. The summed E-state index contributed by atoms with van der Waals surface area (Å²) in [6.07, 6.45) is 6.54. The summed E-state index contributed by atoms with van der Waals surface area (Å²) in [5.41, 5.74) is 1.88. The molecule has 2 aromatic rings. The standard InChI is InChI=1S/C23H28ClN3O2S/c24-20-10-4-3-9-19(20)22-26-16(15-30-22)11-12-25-21(28)17-7-1-2-8-18(17)23(29)27-13-5-6-14-27/h3-4,9-10,15,17-18H,1-2,5-8,11-14H2,(H,25,28)/t17-,18+/m0/s1. The number of likely N-dealkylation sites (tertiary alicyclic amines) is 1. The normalized spacial score (nSPS) is 21.6. The van der Waals surface area contributed by atoms with E-state index in [9.17, 15) is 9.59 Å². The molecule has 1 aromatic heterocycles. The van der Waals surface area contributed by atoms with E-state index < -0.39 is 0 Å². The van der Waals surface area contributed by atoms with Gasteiger partial charge in [0.1, 0.15) is 5.01 Å². The monoisotopic (exact) mass is 445 g/mol. The van der Waals surface area contributed by atoms with Crippen LogP contribution in [0, 0.1) is 11.8 Å². The number of halogens is 1. The lowest BCUT2D eigenvalue weighted by molar-refractivity contribution is -0.142. The molecule has 2 amide bonds. The van der Waals surface area contributed by atoms with Crippen molar-refractivity contribution in [1.29, 1.82) is 0 Å². The maximum Gasteiger partial charge on any atom is 0.226 e. The van der Waals surface area contributed by atoms with Gasteiger partial charge in [-0.1, -0.05) is 42.6 Å². The molecule has 5 nitrogen and oxygen atoms in total. The molecule has 0 radical (unpaired) electrons. The van der Waals surface area contributed by atoms with Crippen LogP contribution in [0.3, 0.4) is 0 Å². The summed E-state index contributed by atoms with van der Waals surface area (Å²) in [7, 11) is 0. The molecule has 1 N–H and O–H groups in total. The number of carbonyl (C=O) groups is 2. The van der Waals surface area contributed by atoms with Crippen LogP contribution in [0.4, 0.5) is 0 Å². The third-order valence-corrected chi connectivity index (χ3v) is 7.43. The summed E-state index contributed by atoms with van der Waals surface area (Å²) in [4.78, 5) is 32.4. The smallest absolute Gasteiger partial charge is 0.226 e. The van der Waals surface area contributed by atoms with Crippen molar-refractivity contribution in [2.75, 3.05) is 19.6 Å². The number of hydrogen-bond donors (Lipinski definition) is 1. The summed E-state index contributed by atoms with van der Waals surface area (Å²) in [5.74, 6) is -0.131. The predicted octanol–water partition coefficient (Wildman–Crippen LogP) is 4.55. The molecule has 2 atom stereocenters. The molecular weight excluding hydrogens is 418 g/mol. The highest BCUT2D eigenvalue weighted by Crippen LogP contribution is 2.33. The lowest BCUT2D eigenvalue weighted by Gasteiger charge is -2.32. The Morgan fingerprint density at radius 2 is 1.83 bits per heavy atom. The Balaban J connectivity index is 1.32. The van der Waals surface area contributed by atoms with E-state index in [2.05, 4.69) is 10.3 Å². The molecule has 1 aliphatic carbocycles. The second-order valence-electron chi connectivity index (χ2n) is 8.19. The number of thiazole rings is 1. The number of amides is 2. The van der Waals surface area contributed by atoms with Gasteiger partial charge in [0.2, 0.25) is 11.8 Å². The molecule has 7 heteroatoms. The molecule has 1 aliphatic heterocycles. The van der Waals surface area contributed by atoms with Crippen molar-refractivity contribution in [3.05, 3.63) is 40.4 Å². The maximum absolute atomic E-state index is 12.9. The van der Waals surface area contributed by atoms with Crippen molar-refractivity contribution >= 4 is 34.8 Å². The first-order chi connectivity index (χ1) is 14.6. The summed E-state index contributed by atoms with van der Waals surface area (Å²) in [6.45, 7) is 2.23. The van der Waals surface area contributed by atoms with Crippen molar-refractivity contribution < 1.29 is 9.59 Å². The van der Waals surface area contributed by atoms with Gasteiger partial charge in [0.25, 0.3) is 0 Å². The Bertz CT molecular complexity index is 894. The first-order valence-electron chi connectivity index (χ1n) is 10.9. The highest BCUT2D eigenvalue weighted by atomic mass is 35.5. The number of aromatic nitrogens is 1. The van der Waals surface area contributed by atoms with Crippen LogP contribution in [0.15, 0.2) is 29.6 Å². The maximum atomic E-state index is 12.9. The van der Waals surface area contributed by atoms with E-state index in [1.54, 1.807) is 11.3 Å². The van der Waals surface area contributed by atoms with Gasteiger partial charge in [-0.05, 0) is 31.7 Å². The zero-order valence-electron chi connectivity index (χ0n) is 17.1. The Hall–Kier alpha value is -1.92. The van der Waals surface area contributed by atoms with Crippen molar-refractivity contribution in [3.8, 4) is 10.6 Å². The average Bonchev–Trinajstić information content (AvgIpc) is 3.46. The number of hydrogen-bond acceptors (Lipinski definition) is 4. The second-order valence-corrected chi connectivity index (χ2v) is 9.46. The number of carbonyl (C=O) groups excluding carboxylic acids is 2. The first kappa shape index (κ1) is 21.3. The zero-order chi connectivity index (χ0) is 20.9. The van der Waals surface area contributed by atoms with Gasteiger partial charge < -0.3 is 10.2 Å². The van der Waals surface area contributed by atoms with E-state index in [1.807, 2.05) is 34.5 Å². The van der Waals surface area contributed by atoms with Crippen molar-refractivity contribution in [1.82, 2.24) is 15.2 Å². The number of nitrogens with zero attached hydrogens (tertiary/aromatic N) is 2. The Kier molecular flexibility index (Phi) is 7.05. The lowest BCUT2D eigenvalue weighted by Crippen LogP contribution is -2.45. The quantitative estimate of drug-likeness (QED) is 0.709. The SMILES string of the molecule is O=C(NCCc1csc(-c2ccccc2Cl)n1)[C@H]1CCCC[C@H]1C(=O)N1CCCC1. The van der Waals surface area contributed by atoms with E-state index in [-0.39, 0.29) is 23.7 Å². The average molecular weight is 446 g/mol. The highest BCUT2D eigenvalue weighted by Gasteiger charge is 2.38. The molecule has 160 valence electrons. The molecule has 1 saturated heterocycles. The van der Waals surface area contributed by atoms with Crippen LogP contribution in [0.25, 0.3) is 10.6 Å². The van der Waals surface area contributed by atoms with Crippen molar-refractivity contribution in [2.45, 2.75) is 44.9 Å². The predicted molar refractivity (Wildman–Crippen MR) is 121 cm³/mol. The minimum atomic E-state index is -0.194. The van der Waals surface area contributed by atoms with E-state index in [0.717, 1.165) is 67.9 Å². The third-order valence-electron chi connectivity index (χ3n) is 6.17. The molecule has 30 heavy (non-hydrogen) atoms. The molecule has 2 fully saturated rings.